The summed E-state index contributed by atoms with van der Waals surface area (Å²) in [6.45, 7) is 3.87. The molecule has 0 saturated carbocycles. The lowest BCUT2D eigenvalue weighted by atomic mass is 9.81. The Labute approximate surface area is 148 Å². The lowest BCUT2D eigenvalue weighted by Gasteiger charge is -2.23. The number of benzene rings is 2. The second-order valence-electron chi connectivity index (χ2n) is 5.82. The van der Waals surface area contributed by atoms with Gasteiger partial charge < -0.3 is 14.6 Å². The average molecular weight is 354 g/mol. The molecule has 0 aromatic heterocycles. The van der Waals surface area contributed by atoms with Gasteiger partial charge in [0.1, 0.15) is 17.2 Å². The third-order valence-corrected chi connectivity index (χ3v) is 3.90. The normalized spacial score (nSPS) is 12.3. The van der Waals surface area contributed by atoms with E-state index in [9.17, 15) is 24.3 Å². The topological polar surface area (TPSA) is 107 Å². The highest BCUT2D eigenvalue weighted by Gasteiger charge is 2.38. The van der Waals surface area contributed by atoms with Crippen LogP contribution in [0, 0.1) is 6.92 Å². The van der Waals surface area contributed by atoms with E-state index >= 15 is 0 Å². The number of phenolic OH excluding ortho intramolecular Hbond substituents is 1. The van der Waals surface area contributed by atoms with Crippen molar-refractivity contribution in [2.75, 3.05) is 0 Å². The molecule has 0 unspecified atom stereocenters. The van der Waals surface area contributed by atoms with Crippen LogP contribution in [0.25, 0.3) is 0 Å². The number of rotatable bonds is 2. The first-order chi connectivity index (χ1) is 12.2. The van der Waals surface area contributed by atoms with Crippen LogP contribution >= 0.6 is 0 Å². The number of aryl methyl sites for hydroxylation is 1. The van der Waals surface area contributed by atoms with Crippen molar-refractivity contribution in [3.8, 4) is 17.2 Å². The SMILES string of the molecule is CC(=O)Oc1cc(C)c(OC(C)=O)c2c1C(=O)c1cccc(O)c1C2=O. The molecular formula is C19H14O7. The average Bonchev–Trinajstić information content (AvgIpc) is 2.53. The van der Waals surface area contributed by atoms with E-state index in [0.29, 0.717) is 5.56 Å². The van der Waals surface area contributed by atoms with Crippen molar-refractivity contribution in [3.05, 3.63) is 52.1 Å². The van der Waals surface area contributed by atoms with Gasteiger partial charge in [-0.1, -0.05) is 12.1 Å². The predicted octanol–water partition coefficient (Wildman–Crippen LogP) is 2.33. The van der Waals surface area contributed by atoms with E-state index in [2.05, 4.69) is 0 Å². The third-order valence-electron chi connectivity index (χ3n) is 3.90. The zero-order chi connectivity index (χ0) is 19.2. The van der Waals surface area contributed by atoms with Crippen molar-refractivity contribution < 1.29 is 33.8 Å². The molecule has 7 heteroatoms. The van der Waals surface area contributed by atoms with Crippen LogP contribution in [0.3, 0.4) is 0 Å². The largest absolute Gasteiger partial charge is 0.507 e. The van der Waals surface area contributed by atoms with Crippen molar-refractivity contribution in [3.63, 3.8) is 0 Å². The van der Waals surface area contributed by atoms with Crippen LogP contribution in [0.1, 0.15) is 51.3 Å². The molecule has 0 saturated heterocycles. The zero-order valence-corrected chi connectivity index (χ0v) is 14.2. The van der Waals surface area contributed by atoms with Gasteiger partial charge in [0.25, 0.3) is 0 Å². The lowest BCUT2D eigenvalue weighted by Crippen LogP contribution is -2.24. The maximum atomic E-state index is 13.0. The second kappa shape index (κ2) is 6.11. The van der Waals surface area contributed by atoms with Crippen molar-refractivity contribution in [1.82, 2.24) is 0 Å². The highest BCUT2D eigenvalue weighted by Crippen LogP contribution is 2.42. The first kappa shape index (κ1) is 17.3. The number of carbonyl (C=O) groups is 4. The molecule has 0 amide bonds. The molecule has 3 rings (SSSR count). The molecule has 2 aromatic carbocycles. The van der Waals surface area contributed by atoms with Crippen molar-refractivity contribution >= 4 is 23.5 Å². The van der Waals surface area contributed by atoms with Crippen LogP contribution in [-0.4, -0.2) is 28.6 Å². The first-order valence-electron chi connectivity index (χ1n) is 7.68. The fraction of sp³-hybridized carbons (Fsp3) is 0.158. The summed E-state index contributed by atoms with van der Waals surface area (Å²) in [4.78, 5) is 48.9. The minimum absolute atomic E-state index is 0.0199. The van der Waals surface area contributed by atoms with E-state index < -0.39 is 23.5 Å². The molecule has 0 heterocycles. The van der Waals surface area contributed by atoms with E-state index in [4.69, 9.17) is 9.47 Å². The van der Waals surface area contributed by atoms with Gasteiger partial charge in [-0.25, -0.2) is 0 Å². The number of fused-ring (bicyclic) bond motifs is 2. The molecule has 1 aliphatic carbocycles. The number of aromatic hydroxyl groups is 1. The van der Waals surface area contributed by atoms with Gasteiger partial charge in [0.15, 0.2) is 5.78 Å². The summed E-state index contributed by atoms with van der Waals surface area (Å²) in [5.41, 5.74) is -0.262. The van der Waals surface area contributed by atoms with Gasteiger partial charge in [-0.15, -0.1) is 0 Å². The van der Waals surface area contributed by atoms with Crippen molar-refractivity contribution in [1.29, 1.82) is 0 Å². The summed E-state index contributed by atoms with van der Waals surface area (Å²) in [5.74, 6) is -3.23. The molecule has 1 N–H and O–H groups in total. The Kier molecular flexibility index (Phi) is 4.07. The number of esters is 2. The molecule has 0 aliphatic heterocycles. The summed E-state index contributed by atoms with van der Waals surface area (Å²) in [5, 5.41) is 10.1. The summed E-state index contributed by atoms with van der Waals surface area (Å²) >= 11 is 0. The Morgan fingerprint density at radius 1 is 0.923 bits per heavy atom. The van der Waals surface area contributed by atoms with E-state index in [0.717, 1.165) is 13.8 Å². The van der Waals surface area contributed by atoms with Crippen LogP contribution < -0.4 is 9.47 Å². The van der Waals surface area contributed by atoms with Crippen LogP contribution in [0.2, 0.25) is 0 Å². The highest BCUT2D eigenvalue weighted by molar-refractivity contribution is 6.31. The summed E-state index contributed by atoms with van der Waals surface area (Å²) in [6.07, 6.45) is 0. The van der Waals surface area contributed by atoms with Crippen LogP contribution in [0.15, 0.2) is 24.3 Å². The zero-order valence-electron chi connectivity index (χ0n) is 14.2. The fourth-order valence-corrected chi connectivity index (χ4v) is 2.95. The Morgan fingerprint density at radius 3 is 2.19 bits per heavy atom. The third kappa shape index (κ3) is 2.63. The summed E-state index contributed by atoms with van der Waals surface area (Å²) < 4.78 is 10.2. The molecule has 7 nitrogen and oxygen atoms in total. The van der Waals surface area contributed by atoms with Crippen LogP contribution in [-0.2, 0) is 9.59 Å². The van der Waals surface area contributed by atoms with Gasteiger partial charge in [0.2, 0.25) is 5.78 Å². The van der Waals surface area contributed by atoms with Gasteiger partial charge >= 0.3 is 11.9 Å². The molecule has 2 aromatic rings. The molecule has 1 aliphatic rings. The van der Waals surface area contributed by atoms with E-state index in [-0.39, 0.29) is 39.5 Å². The molecule has 0 fully saturated rings. The Balaban J connectivity index is 2.39. The summed E-state index contributed by atoms with van der Waals surface area (Å²) in [7, 11) is 0. The van der Waals surface area contributed by atoms with Crippen LogP contribution in [0.4, 0.5) is 0 Å². The number of phenols is 1. The standard InChI is InChI=1S/C19H14O7/c1-8-7-13(25-9(2)20)15-16(19(8)26-10(3)21)18(24)14-11(17(15)23)5-4-6-12(14)22/h4-7,22H,1-3H3. The molecule has 0 spiro atoms. The van der Waals surface area contributed by atoms with Crippen molar-refractivity contribution in [2.45, 2.75) is 20.8 Å². The number of ether oxygens (including phenoxy) is 2. The van der Waals surface area contributed by atoms with Gasteiger partial charge in [0.05, 0.1) is 16.7 Å². The minimum Gasteiger partial charge on any atom is -0.507 e. The Hall–Kier alpha value is -3.48. The molecule has 26 heavy (non-hydrogen) atoms. The first-order valence-corrected chi connectivity index (χ1v) is 7.68. The quantitative estimate of drug-likeness (QED) is 0.556. The molecule has 132 valence electrons. The molecule has 0 atom stereocenters. The maximum Gasteiger partial charge on any atom is 0.308 e. The minimum atomic E-state index is -0.693. The van der Waals surface area contributed by atoms with Gasteiger partial charge in [-0.3, -0.25) is 19.2 Å². The second-order valence-corrected chi connectivity index (χ2v) is 5.82. The molecular weight excluding hydrogens is 340 g/mol. The van der Waals surface area contributed by atoms with Gasteiger partial charge in [0, 0.05) is 19.4 Å². The smallest absolute Gasteiger partial charge is 0.308 e. The monoisotopic (exact) mass is 354 g/mol. The molecule has 0 bridgehead atoms. The maximum absolute atomic E-state index is 13.0. The summed E-state index contributed by atoms with van der Waals surface area (Å²) in [6, 6.07) is 5.46. The Morgan fingerprint density at radius 2 is 1.58 bits per heavy atom. The lowest BCUT2D eigenvalue weighted by molar-refractivity contribution is -0.133. The van der Waals surface area contributed by atoms with Gasteiger partial charge in [-0.05, 0) is 24.6 Å². The predicted molar refractivity (Wildman–Crippen MR) is 88.8 cm³/mol. The van der Waals surface area contributed by atoms with E-state index in [1.165, 1.54) is 24.3 Å². The van der Waals surface area contributed by atoms with E-state index in [1.807, 2.05) is 0 Å². The molecule has 0 radical (unpaired) electrons. The van der Waals surface area contributed by atoms with Crippen molar-refractivity contribution in [2.24, 2.45) is 0 Å². The van der Waals surface area contributed by atoms with Crippen LogP contribution in [0.5, 0.6) is 17.2 Å². The Bertz CT molecular complexity index is 1000. The fourth-order valence-electron chi connectivity index (χ4n) is 2.95. The van der Waals surface area contributed by atoms with E-state index in [1.54, 1.807) is 6.92 Å². The highest BCUT2D eigenvalue weighted by atomic mass is 16.5. The number of hydrogen-bond acceptors (Lipinski definition) is 7. The number of ketones is 2. The number of carbonyl (C=O) groups excluding carboxylic acids is 4. The van der Waals surface area contributed by atoms with Gasteiger partial charge in [-0.2, -0.15) is 0 Å². The number of hydrogen-bond donors (Lipinski definition) is 1.